The van der Waals surface area contributed by atoms with Crippen molar-refractivity contribution < 1.29 is 9.47 Å². The lowest BCUT2D eigenvalue weighted by atomic mass is 10.2. The first kappa shape index (κ1) is 25.0. The zero-order valence-electron chi connectivity index (χ0n) is 20.1. The molecule has 3 aromatic rings. The van der Waals surface area contributed by atoms with Gasteiger partial charge in [0, 0.05) is 13.1 Å². The van der Waals surface area contributed by atoms with Gasteiger partial charge in [-0.25, -0.2) is 0 Å². The molecule has 2 N–H and O–H groups in total. The van der Waals surface area contributed by atoms with Crippen LogP contribution in [0.4, 0.5) is 0 Å². The van der Waals surface area contributed by atoms with Crippen molar-refractivity contribution in [2.75, 3.05) is 54.5 Å². The van der Waals surface area contributed by atoms with Crippen molar-refractivity contribution in [1.82, 2.24) is 19.8 Å². The standard InChI is InChI=1S/C26H32N4O4/c1-29(2)12-14-33-23-11-10-20(18-24(23)34-15-13-30(3)4)17-22-26(32)27-21(25(31)28-22)16-19-8-6-5-7-9-19/h5-11,16-18H,12-15H2,1-4H3,(H,27,32)(H,28,31)/b21-16-,22-17-. The highest BCUT2D eigenvalue weighted by molar-refractivity contribution is 5.55. The van der Waals surface area contributed by atoms with Gasteiger partial charge in [0.2, 0.25) is 0 Å². The van der Waals surface area contributed by atoms with Crippen molar-refractivity contribution in [3.8, 4) is 11.5 Å². The molecule has 0 saturated heterocycles. The smallest absolute Gasteiger partial charge is 0.272 e. The third kappa shape index (κ3) is 7.47. The first-order valence-corrected chi connectivity index (χ1v) is 11.1. The molecule has 1 heterocycles. The molecule has 0 aliphatic rings. The van der Waals surface area contributed by atoms with E-state index in [9.17, 15) is 9.59 Å². The number of rotatable bonds is 10. The molecule has 34 heavy (non-hydrogen) atoms. The summed E-state index contributed by atoms with van der Waals surface area (Å²) in [6, 6.07) is 14.8. The van der Waals surface area contributed by atoms with Crippen molar-refractivity contribution >= 4 is 12.2 Å². The zero-order chi connectivity index (χ0) is 24.5. The molecule has 3 rings (SSSR count). The van der Waals surface area contributed by atoms with Crippen molar-refractivity contribution in [1.29, 1.82) is 0 Å². The number of benzene rings is 2. The minimum absolute atomic E-state index is 0.163. The number of H-pyrrole nitrogens is 2. The quantitative estimate of drug-likeness (QED) is 0.457. The molecule has 0 bridgehead atoms. The fourth-order valence-electron chi connectivity index (χ4n) is 3.10. The summed E-state index contributed by atoms with van der Waals surface area (Å²) in [5.74, 6) is 1.22. The first-order chi connectivity index (χ1) is 16.3. The lowest BCUT2D eigenvalue weighted by molar-refractivity contribution is 0.227. The van der Waals surface area contributed by atoms with Gasteiger partial charge in [0.15, 0.2) is 11.5 Å². The summed E-state index contributed by atoms with van der Waals surface area (Å²) in [6.45, 7) is 2.53. The maximum atomic E-state index is 12.6. The number of aromatic amines is 2. The number of ether oxygens (including phenoxy) is 2. The van der Waals surface area contributed by atoms with Crippen LogP contribution in [0.3, 0.4) is 0 Å². The molecular weight excluding hydrogens is 432 g/mol. The summed E-state index contributed by atoms with van der Waals surface area (Å²) in [7, 11) is 7.92. The Balaban J connectivity index is 1.93. The molecule has 8 heteroatoms. The Labute approximate surface area is 198 Å². The van der Waals surface area contributed by atoms with Gasteiger partial charge in [-0.05, 0) is 63.6 Å². The van der Waals surface area contributed by atoms with E-state index in [1.165, 1.54) is 0 Å². The van der Waals surface area contributed by atoms with Gasteiger partial charge in [0.05, 0.1) is 0 Å². The fourth-order valence-corrected chi connectivity index (χ4v) is 3.10. The Kier molecular flexibility index (Phi) is 8.84. The van der Waals surface area contributed by atoms with Crippen molar-refractivity contribution in [2.24, 2.45) is 0 Å². The third-order valence-corrected chi connectivity index (χ3v) is 4.97. The average molecular weight is 465 g/mol. The van der Waals surface area contributed by atoms with Crippen LogP contribution in [-0.2, 0) is 0 Å². The Hall–Kier alpha value is -3.62. The van der Waals surface area contributed by atoms with Gasteiger partial charge in [-0.3, -0.25) is 9.59 Å². The van der Waals surface area contributed by atoms with E-state index in [-0.39, 0.29) is 21.8 Å². The highest BCUT2D eigenvalue weighted by atomic mass is 16.5. The van der Waals surface area contributed by atoms with E-state index in [0.29, 0.717) is 30.3 Å². The van der Waals surface area contributed by atoms with Crippen LogP contribution in [-0.4, -0.2) is 74.3 Å². The van der Waals surface area contributed by atoms with Gasteiger partial charge in [-0.1, -0.05) is 36.4 Å². The molecule has 0 atom stereocenters. The molecular formula is C26H32N4O4. The molecule has 0 fully saturated rings. The van der Waals surface area contributed by atoms with Gasteiger partial charge in [0.25, 0.3) is 11.1 Å². The monoisotopic (exact) mass is 464 g/mol. The molecule has 0 amide bonds. The van der Waals surface area contributed by atoms with Crippen LogP contribution in [0, 0.1) is 0 Å². The Bertz CT molecular complexity index is 1310. The lowest BCUT2D eigenvalue weighted by Crippen LogP contribution is -2.46. The Morgan fingerprint density at radius 1 is 0.706 bits per heavy atom. The predicted octanol–water partition coefficient (Wildman–Crippen LogP) is 0.602. The van der Waals surface area contributed by atoms with E-state index in [4.69, 9.17) is 9.47 Å². The molecule has 180 valence electrons. The van der Waals surface area contributed by atoms with Gasteiger partial charge in [-0.15, -0.1) is 0 Å². The van der Waals surface area contributed by atoms with E-state index in [1.54, 1.807) is 12.2 Å². The van der Waals surface area contributed by atoms with Crippen LogP contribution in [0.5, 0.6) is 11.5 Å². The van der Waals surface area contributed by atoms with Crippen molar-refractivity contribution in [2.45, 2.75) is 0 Å². The second-order valence-corrected chi connectivity index (χ2v) is 8.44. The number of nitrogens with zero attached hydrogens (tertiary/aromatic N) is 2. The molecule has 0 spiro atoms. The number of hydrogen-bond donors (Lipinski definition) is 2. The number of likely N-dealkylation sites (N-methyl/N-ethyl adjacent to an activating group) is 2. The van der Waals surface area contributed by atoms with Crippen LogP contribution in [0.15, 0.2) is 58.1 Å². The molecule has 8 nitrogen and oxygen atoms in total. The fraction of sp³-hybridized carbons (Fsp3) is 0.308. The SMILES string of the molecule is CN(C)CCOc1ccc(/C=c2\[nH]c(=O)/c(=C/c3ccccc3)[nH]c2=O)cc1OCCN(C)C. The minimum atomic E-state index is -0.386. The van der Waals surface area contributed by atoms with Gasteiger partial charge in [0.1, 0.15) is 23.9 Å². The lowest BCUT2D eigenvalue weighted by Gasteiger charge is -2.16. The van der Waals surface area contributed by atoms with Crippen LogP contribution < -0.4 is 31.3 Å². The molecule has 2 aromatic carbocycles. The summed E-state index contributed by atoms with van der Waals surface area (Å²) in [6.07, 6.45) is 3.26. The van der Waals surface area contributed by atoms with Crippen LogP contribution in [0.1, 0.15) is 11.1 Å². The Morgan fingerprint density at radius 3 is 1.79 bits per heavy atom. The van der Waals surface area contributed by atoms with E-state index in [2.05, 4.69) is 9.97 Å². The molecule has 0 aliphatic heterocycles. The minimum Gasteiger partial charge on any atom is -0.488 e. The predicted molar refractivity (Wildman–Crippen MR) is 135 cm³/mol. The van der Waals surface area contributed by atoms with Crippen molar-refractivity contribution in [3.63, 3.8) is 0 Å². The van der Waals surface area contributed by atoms with E-state index in [0.717, 1.165) is 18.7 Å². The average Bonchev–Trinajstić information content (AvgIpc) is 2.79. The van der Waals surface area contributed by atoms with Crippen LogP contribution in [0.2, 0.25) is 0 Å². The largest absolute Gasteiger partial charge is 0.488 e. The van der Waals surface area contributed by atoms with Crippen LogP contribution >= 0.6 is 0 Å². The summed E-state index contributed by atoms with van der Waals surface area (Å²) >= 11 is 0. The topological polar surface area (TPSA) is 90.7 Å². The van der Waals surface area contributed by atoms with Gasteiger partial charge >= 0.3 is 0 Å². The molecule has 0 saturated carbocycles. The van der Waals surface area contributed by atoms with Gasteiger partial charge in [-0.2, -0.15) is 0 Å². The first-order valence-electron chi connectivity index (χ1n) is 11.1. The van der Waals surface area contributed by atoms with E-state index in [1.807, 2.05) is 86.5 Å². The number of nitrogens with one attached hydrogen (secondary N) is 2. The maximum absolute atomic E-state index is 12.6. The van der Waals surface area contributed by atoms with E-state index >= 15 is 0 Å². The summed E-state index contributed by atoms with van der Waals surface area (Å²) < 4.78 is 11.9. The van der Waals surface area contributed by atoms with E-state index < -0.39 is 0 Å². The molecule has 0 radical (unpaired) electrons. The Morgan fingerprint density at radius 2 is 1.24 bits per heavy atom. The molecule has 0 unspecified atom stereocenters. The maximum Gasteiger partial charge on any atom is 0.272 e. The molecule has 0 aliphatic carbocycles. The zero-order valence-corrected chi connectivity index (χ0v) is 20.1. The van der Waals surface area contributed by atoms with Gasteiger partial charge < -0.3 is 29.2 Å². The normalized spacial score (nSPS) is 12.5. The number of hydrogen-bond acceptors (Lipinski definition) is 6. The summed E-state index contributed by atoms with van der Waals surface area (Å²) in [4.78, 5) is 34.6. The summed E-state index contributed by atoms with van der Waals surface area (Å²) in [5, 5.41) is 0.362. The van der Waals surface area contributed by atoms with Crippen LogP contribution in [0.25, 0.3) is 12.2 Å². The number of aromatic nitrogens is 2. The second-order valence-electron chi connectivity index (χ2n) is 8.44. The highest BCUT2D eigenvalue weighted by Crippen LogP contribution is 2.28. The summed E-state index contributed by atoms with van der Waals surface area (Å²) in [5.41, 5.74) is 0.773. The highest BCUT2D eigenvalue weighted by Gasteiger charge is 2.08. The molecule has 1 aromatic heterocycles. The van der Waals surface area contributed by atoms with Crippen molar-refractivity contribution in [3.05, 3.63) is 91.1 Å². The second kappa shape index (κ2) is 12.0. The third-order valence-electron chi connectivity index (χ3n) is 4.97.